The molecule has 0 N–H and O–H groups in total. The van der Waals surface area contributed by atoms with Gasteiger partial charge in [0.05, 0.1) is 25.2 Å². The lowest BCUT2D eigenvalue weighted by Gasteiger charge is -2.12. The number of thiocarbonyl (C=S) groups is 1. The lowest BCUT2D eigenvalue weighted by atomic mass is 10.2. The van der Waals surface area contributed by atoms with E-state index in [9.17, 15) is 9.59 Å². The van der Waals surface area contributed by atoms with Crippen LogP contribution in [0.3, 0.4) is 0 Å². The molecule has 0 bridgehead atoms. The van der Waals surface area contributed by atoms with E-state index in [1.165, 1.54) is 30.1 Å². The molecule has 25 heavy (non-hydrogen) atoms. The first-order valence-electron chi connectivity index (χ1n) is 7.44. The fourth-order valence-corrected chi connectivity index (χ4v) is 2.87. The molecule has 1 aromatic rings. The Labute approximate surface area is 155 Å². The third kappa shape index (κ3) is 5.43. The van der Waals surface area contributed by atoms with Crippen molar-refractivity contribution in [3.05, 3.63) is 23.8 Å². The van der Waals surface area contributed by atoms with Gasteiger partial charge in [0.1, 0.15) is 0 Å². The van der Waals surface area contributed by atoms with Crippen LogP contribution in [0.4, 0.5) is 0 Å². The fraction of sp³-hybridized carbons (Fsp3) is 0.375. The first-order chi connectivity index (χ1) is 11.9. The number of benzene rings is 1. The molecular formula is C16H18N2O5S2. The molecule has 1 heterocycles. The summed E-state index contributed by atoms with van der Waals surface area (Å²) in [7, 11) is 1.49. The molecule has 9 heteroatoms. The molecule has 0 aromatic heterocycles. The summed E-state index contributed by atoms with van der Waals surface area (Å²) < 4.78 is 16.1. The standard InChI is InChI=1S/C16H18N2O5S2/c1-10(2)23-15(20)8-22-12-5-4-11(6-13(12)21-3)7-17-18-14(19)9-25-16(18)24/h4-7,10H,8-9H2,1-3H3/b17-7-. The number of hydrazone groups is 1. The third-order valence-corrected chi connectivity index (χ3v) is 4.29. The summed E-state index contributed by atoms with van der Waals surface area (Å²) in [5.41, 5.74) is 0.696. The first-order valence-corrected chi connectivity index (χ1v) is 8.84. The molecule has 0 atom stereocenters. The van der Waals surface area contributed by atoms with Gasteiger partial charge in [-0.3, -0.25) is 4.79 Å². The Balaban J connectivity index is 2.04. The van der Waals surface area contributed by atoms with E-state index in [0.717, 1.165) is 0 Å². The molecule has 0 unspecified atom stereocenters. The third-order valence-electron chi connectivity index (χ3n) is 2.95. The van der Waals surface area contributed by atoms with Crippen LogP contribution in [0, 0.1) is 0 Å². The summed E-state index contributed by atoms with van der Waals surface area (Å²) >= 11 is 6.33. The monoisotopic (exact) mass is 382 g/mol. The largest absolute Gasteiger partial charge is 0.493 e. The number of carbonyl (C=O) groups is 2. The van der Waals surface area contributed by atoms with E-state index in [1.54, 1.807) is 32.0 Å². The van der Waals surface area contributed by atoms with Crippen molar-refractivity contribution in [1.82, 2.24) is 5.01 Å². The first kappa shape index (κ1) is 19.2. The van der Waals surface area contributed by atoms with Crippen molar-refractivity contribution in [1.29, 1.82) is 0 Å². The summed E-state index contributed by atoms with van der Waals surface area (Å²) in [6.07, 6.45) is 1.31. The summed E-state index contributed by atoms with van der Waals surface area (Å²) in [5, 5.41) is 5.29. The lowest BCUT2D eigenvalue weighted by molar-refractivity contribution is -0.149. The SMILES string of the molecule is COc1cc(/C=N\N2C(=O)CSC2=S)ccc1OCC(=O)OC(C)C. The number of ether oxygens (including phenoxy) is 3. The van der Waals surface area contributed by atoms with Gasteiger partial charge >= 0.3 is 5.97 Å². The van der Waals surface area contributed by atoms with E-state index in [-0.39, 0.29) is 18.6 Å². The van der Waals surface area contributed by atoms with Crippen molar-refractivity contribution in [2.45, 2.75) is 20.0 Å². The summed E-state index contributed by atoms with van der Waals surface area (Å²) in [5.74, 6) is 0.538. The molecule has 1 amide bonds. The van der Waals surface area contributed by atoms with E-state index in [1.807, 2.05) is 0 Å². The average molecular weight is 382 g/mol. The molecule has 1 aliphatic heterocycles. The Bertz CT molecular complexity index is 690. The number of amides is 1. The topological polar surface area (TPSA) is 77.4 Å². The maximum Gasteiger partial charge on any atom is 0.344 e. The second kappa shape index (κ2) is 8.82. The Kier molecular flexibility index (Phi) is 6.77. The number of hydrogen-bond acceptors (Lipinski definition) is 8. The molecule has 0 radical (unpaired) electrons. The molecule has 7 nitrogen and oxygen atoms in total. The molecule has 1 saturated heterocycles. The summed E-state index contributed by atoms with van der Waals surface area (Å²) in [6.45, 7) is 3.32. The number of nitrogens with zero attached hydrogens (tertiary/aromatic N) is 2. The van der Waals surface area contributed by atoms with Crippen molar-refractivity contribution in [3.63, 3.8) is 0 Å². The van der Waals surface area contributed by atoms with E-state index in [2.05, 4.69) is 5.10 Å². The van der Waals surface area contributed by atoms with Gasteiger partial charge in [-0.2, -0.15) is 10.1 Å². The quantitative estimate of drug-likeness (QED) is 0.406. The lowest BCUT2D eigenvalue weighted by Crippen LogP contribution is -2.22. The predicted molar refractivity (Wildman–Crippen MR) is 99.2 cm³/mol. The smallest absolute Gasteiger partial charge is 0.344 e. The maximum absolute atomic E-state index is 11.6. The Hall–Kier alpha value is -2.13. The number of esters is 1. The molecule has 0 saturated carbocycles. The second-order valence-electron chi connectivity index (χ2n) is 5.24. The second-order valence-corrected chi connectivity index (χ2v) is 6.85. The summed E-state index contributed by atoms with van der Waals surface area (Å²) in [4.78, 5) is 23.2. The average Bonchev–Trinajstić information content (AvgIpc) is 2.89. The number of carbonyl (C=O) groups excluding carboxylic acids is 2. The number of rotatable bonds is 7. The van der Waals surface area contributed by atoms with Crippen LogP contribution < -0.4 is 9.47 Å². The molecular weight excluding hydrogens is 364 g/mol. The number of thioether (sulfide) groups is 1. The fourth-order valence-electron chi connectivity index (χ4n) is 1.90. The Morgan fingerprint density at radius 2 is 2.20 bits per heavy atom. The van der Waals surface area contributed by atoms with Gasteiger partial charge < -0.3 is 14.2 Å². The maximum atomic E-state index is 11.6. The summed E-state index contributed by atoms with van der Waals surface area (Å²) in [6, 6.07) is 5.07. The van der Waals surface area contributed by atoms with Gasteiger partial charge in [-0.25, -0.2) is 4.79 Å². The highest BCUT2D eigenvalue weighted by atomic mass is 32.2. The molecule has 0 spiro atoms. The van der Waals surface area contributed by atoms with Crippen molar-refractivity contribution in [2.75, 3.05) is 19.5 Å². The van der Waals surface area contributed by atoms with Gasteiger partial charge in [0, 0.05) is 0 Å². The van der Waals surface area contributed by atoms with Gasteiger partial charge in [-0.15, -0.1) is 0 Å². The zero-order chi connectivity index (χ0) is 18.4. The van der Waals surface area contributed by atoms with Crippen LogP contribution in [0.2, 0.25) is 0 Å². The molecule has 1 fully saturated rings. The molecule has 1 aromatic carbocycles. The molecule has 0 aliphatic carbocycles. The number of hydrogen-bond donors (Lipinski definition) is 0. The highest BCUT2D eigenvalue weighted by Gasteiger charge is 2.25. The minimum atomic E-state index is -0.457. The van der Waals surface area contributed by atoms with Crippen LogP contribution in [-0.4, -0.2) is 53.0 Å². The highest BCUT2D eigenvalue weighted by Crippen LogP contribution is 2.28. The van der Waals surface area contributed by atoms with Gasteiger partial charge in [0.15, 0.2) is 22.4 Å². The van der Waals surface area contributed by atoms with Crippen LogP contribution in [0.1, 0.15) is 19.4 Å². The number of methoxy groups -OCH3 is 1. The highest BCUT2D eigenvalue weighted by molar-refractivity contribution is 8.23. The molecule has 1 aliphatic rings. The van der Waals surface area contributed by atoms with E-state index in [4.69, 9.17) is 26.4 Å². The zero-order valence-corrected chi connectivity index (χ0v) is 15.7. The predicted octanol–water partition coefficient (Wildman–Crippen LogP) is 2.22. The van der Waals surface area contributed by atoms with Crippen LogP contribution in [0.5, 0.6) is 11.5 Å². The normalized spacial score (nSPS) is 14.5. The minimum Gasteiger partial charge on any atom is -0.493 e. The van der Waals surface area contributed by atoms with Crippen LogP contribution in [-0.2, 0) is 14.3 Å². The van der Waals surface area contributed by atoms with E-state index >= 15 is 0 Å². The Morgan fingerprint density at radius 3 is 2.80 bits per heavy atom. The van der Waals surface area contributed by atoms with Crippen LogP contribution in [0.25, 0.3) is 0 Å². The molecule has 2 rings (SSSR count). The van der Waals surface area contributed by atoms with Gasteiger partial charge in [-0.1, -0.05) is 24.0 Å². The van der Waals surface area contributed by atoms with Gasteiger partial charge in [0.25, 0.3) is 5.91 Å². The van der Waals surface area contributed by atoms with E-state index in [0.29, 0.717) is 27.1 Å². The zero-order valence-electron chi connectivity index (χ0n) is 14.1. The van der Waals surface area contributed by atoms with Crippen molar-refractivity contribution >= 4 is 46.4 Å². The van der Waals surface area contributed by atoms with Crippen LogP contribution >= 0.6 is 24.0 Å². The minimum absolute atomic E-state index is 0.151. The van der Waals surface area contributed by atoms with Gasteiger partial charge in [-0.05, 0) is 37.6 Å². The Morgan fingerprint density at radius 1 is 1.44 bits per heavy atom. The van der Waals surface area contributed by atoms with Crippen molar-refractivity contribution in [3.8, 4) is 11.5 Å². The van der Waals surface area contributed by atoms with Gasteiger partial charge in [0.2, 0.25) is 0 Å². The van der Waals surface area contributed by atoms with Crippen LogP contribution in [0.15, 0.2) is 23.3 Å². The van der Waals surface area contributed by atoms with E-state index < -0.39 is 5.97 Å². The molecule has 134 valence electrons. The van der Waals surface area contributed by atoms with Crippen molar-refractivity contribution < 1.29 is 23.8 Å². The van der Waals surface area contributed by atoms with Crippen molar-refractivity contribution in [2.24, 2.45) is 5.10 Å².